The number of nitrogens with one attached hydrogen (secondary N) is 1. The van der Waals surface area contributed by atoms with Crippen LogP contribution in [0.3, 0.4) is 0 Å². The van der Waals surface area contributed by atoms with Crippen LogP contribution in [-0.2, 0) is 11.3 Å². The highest BCUT2D eigenvalue weighted by atomic mass is 35.5. The van der Waals surface area contributed by atoms with Crippen molar-refractivity contribution in [3.8, 4) is 5.75 Å². The topological polar surface area (TPSA) is 47.1 Å². The number of aromatic nitrogens is 2. The van der Waals surface area contributed by atoms with Crippen LogP contribution in [0, 0.1) is 0 Å². The summed E-state index contributed by atoms with van der Waals surface area (Å²) in [7, 11) is 0. The number of hydrogen-bond donors (Lipinski definition) is 1. The molecule has 2 rings (SSSR count). The van der Waals surface area contributed by atoms with Crippen molar-refractivity contribution in [1.29, 1.82) is 0 Å². The molecule has 0 radical (unpaired) electrons. The maximum absolute atomic E-state index is 5.46. The van der Waals surface area contributed by atoms with Gasteiger partial charge >= 0.3 is 0 Å². The Bertz CT molecular complexity index is 392. The third-order valence-electron chi connectivity index (χ3n) is 2.08. The molecule has 0 atom stereocenters. The van der Waals surface area contributed by atoms with Gasteiger partial charge in [-0.25, -0.2) is 0 Å². The first kappa shape index (κ1) is 13.5. The minimum absolute atomic E-state index is 0. The molecule has 0 fully saturated rings. The van der Waals surface area contributed by atoms with E-state index in [9.17, 15) is 0 Å². The fourth-order valence-corrected chi connectivity index (χ4v) is 1.30. The van der Waals surface area contributed by atoms with Gasteiger partial charge in [0.2, 0.25) is 0 Å². The smallest absolute Gasteiger partial charge is 0.157 e. The third kappa shape index (κ3) is 4.89. The van der Waals surface area contributed by atoms with Crippen LogP contribution in [0.1, 0.15) is 5.56 Å². The van der Waals surface area contributed by atoms with E-state index < -0.39 is 0 Å². The molecule has 0 saturated carbocycles. The van der Waals surface area contributed by atoms with Gasteiger partial charge < -0.3 is 9.47 Å². The average Bonchev–Trinajstić information content (AvgIpc) is 2.83. The molecule has 0 bridgehead atoms. The Morgan fingerprint density at radius 3 is 2.65 bits per heavy atom. The van der Waals surface area contributed by atoms with E-state index in [1.54, 1.807) is 12.4 Å². The molecular formula is C12H15ClN2O2. The SMILES string of the molecule is Cl.c1ccc(COCCOc2cn[nH]c2)cc1. The van der Waals surface area contributed by atoms with Crippen LogP contribution < -0.4 is 4.74 Å². The van der Waals surface area contributed by atoms with Gasteiger partial charge in [-0.05, 0) is 5.56 Å². The van der Waals surface area contributed by atoms with E-state index in [0.717, 1.165) is 5.75 Å². The lowest BCUT2D eigenvalue weighted by Gasteiger charge is -2.05. The van der Waals surface area contributed by atoms with Crippen molar-refractivity contribution >= 4 is 12.4 Å². The van der Waals surface area contributed by atoms with Gasteiger partial charge in [-0.3, -0.25) is 5.10 Å². The summed E-state index contributed by atoms with van der Waals surface area (Å²) in [5, 5.41) is 6.46. The van der Waals surface area contributed by atoms with Crippen molar-refractivity contribution in [1.82, 2.24) is 10.2 Å². The van der Waals surface area contributed by atoms with Crippen LogP contribution in [0.15, 0.2) is 42.7 Å². The summed E-state index contributed by atoms with van der Waals surface area (Å²) in [6, 6.07) is 10.1. The fourth-order valence-electron chi connectivity index (χ4n) is 1.30. The Kier molecular flexibility index (Phi) is 6.14. The molecule has 1 aromatic heterocycles. The van der Waals surface area contributed by atoms with Crippen molar-refractivity contribution in [2.45, 2.75) is 6.61 Å². The molecule has 1 aromatic carbocycles. The molecular weight excluding hydrogens is 240 g/mol. The summed E-state index contributed by atoms with van der Waals surface area (Å²) in [5.41, 5.74) is 1.17. The zero-order chi connectivity index (χ0) is 11.1. The van der Waals surface area contributed by atoms with Gasteiger partial charge in [0.1, 0.15) is 6.61 Å². The highest BCUT2D eigenvalue weighted by Gasteiger charge is 1.94. The van der Waals surface area contributed by atoms with Crippen molar-refractivity contribution in [2.75, 3.05) is 13.2 Å². The quantitative estimate of drug-likeness (QED) is 0.806. The predicted molar refractivity (Wildman–Crippen MR) is 67.4 cm³/mol. The number of H-pyrrole nitrogens is 1. The average molecular weight is 255 g/mol. The molecule has 0 aliphatic heterocycles. The minimum Gasteiger partial charge on any atom is -0.488 e. The van der Waals surface area contributed by atoms with Crippen LogP contribution in [0.2, 0.25) is 0 Å². The molecule has 1 heterocycles. The molecule has 0 aliphatic carbocycles. The maximum Gasteiger partial charge on any atom is 0.157 e. The Morgan fingerprint density at radius 2 is 1.94 bits per heavy atom. The summed E-state index contributed by atoms with van der Waals surface area (Å²) >= 11 is 0. The molecule has 0 amide bonds. The van der Waals surface area contributed by atoms with Gasteiger partial charge in [0, 0.05) is 0 Å². The van der Waals surface area contributed by atoms with E-state index in [1.165, 1.54) is 5.56 Å². The van der Waals surface area contributed by atoms with E-state index in [-0.39, 0.29) is 12.4 Å². The number of rotatable bonds is 6. The standard InChI is InChI=1S/C12H14N2O2.ClH/c1-2-4-11(5-3-1)10-15-6-7-16-12-8-13-14-9-12;/h1-5,8-9H,6-7,10H2,(H,13,14);1H. The van der Waals surface area contributed by atoms with Crippen LogP contribution in [-0.4, -0.2) is 23.4 Å². The first-order valence-electron chi connectivity index (χ1n) is 5.18. The molecule has 0 spiro atoms. The molecule has 0 unspecified atom stereocenters. The van der Waals surface area contributed by atoms with Gasteiger partial charge in [-0.2, -0.15) is 5.10 Å². The first-order valence-corrected chi connectivity index (χ1v) is 5.18. The number of aromatic amines is 1. The van der Waals surface area contributed by atoms with E-state index in [0.29, 0.717) is 19.8 Å². The lowest BCUT2D eigenvalue weighted by Crippen LogP contribution is -2.06. The molecule has 4 nitrogen and oxygen atoms in total. The van der Waals surface area contributed by atoms with Crippen molar-refractivity contribution in [3.05, 3.63) is 48.3 Å². The molecule has 92 valence electrons. The van der Waals surface area contributed by atoms with Crippen LogP contribution in [0.5, 0.6) is 5.75 Å². The number of ether oxygens (including phenoxy) is 2. The van der Waals surface area contributed by atoms with Gasteiger partial charge in [-0.1, -0.05) is 30.3 Å². The monoisotopic (exact) mass is 254 g/mol. The van der Waals surface area contributed by atoms with Gasteiger partial charge in [0.05, 0.1) is 25.6 Å². The number of benzene rings is 1. The molecule has 0 saturated heterocycles. The summed E-state index contributed by atoms with van der Waals surface area (Å²) in [4.78, 5) is 0. The number of nitrogens with zero attached hydrogens (tertiary/aromatic N) is 1. The highest BCUT2D eigenvalue weighted by molar-refractivity contribution is 5.85. The minimum atomic E-state index is 0. The molecule has 0 aliphatic rings. The third-order valence-corrected chi connectivity index (χ3v) is 2.08. The van der Waals surface area contributed by atoms with Crippen molar-refractivity contribution < 1.29 is 9.47 Å². The molecule has 1 N–H and O–H groups in total. The van der Waals surface area contributed by atoms with Gasteiger partial charge in [0.15, 0.2) is 5.75 Å². The van der Waals surface area contributed by atoms with E-state index in [1.807, 2.05) is 30.3 Å². The van der Waals surface area contributed by atoms with E-state index >= 15 is 0 Å². The number of halogens is 1. The Hall–Kier alpha value is -1.52. The van der Waals surface area contributed by atoms with Crippen LogP contribution in [0.4, 0.5) is 0 Å². The van der Waals surface area contributed by atoms with Gasteiger partial charge in [-0.15, -0.1) is 12.4 Å². The maximum atomic E-state index is 5.46. The second-order valence-corrected chi connectivity index (χ2v) is 3.32. The molecule has 2 aromatic rings. The van der Waals surface area contributed by atoms with E-state index in [4.69, 9.17) is 9.47 Å². The fraction of sp³-hybridized carbons (Fsp3) is 0.250. The van der Waals surface area contributed by atoms with Crippen LogP contribution >= 0.6 is 12.4 Å². The normalized spacial score (nSPS) is 9.65. The molecule has 17 heavy (non-hydrogen) atoms. The summed E-state index contributed by atoms with van der Waals surface area (Å²) < 4.78 is 10.8. The number of hydrogen-bond acceptors (Lipinski definition) is 3. The first-order chi connectivity index (χ1) is 7.95. The summed E-state index contributed by atoms with van der Waals surface area (Å²) in [6.07, 6.45) is 3.34. The predicted octanol–water partition coefficient (Wildman–Crippen LogP) is 2.43. The van der Waals surface area contributed by atoms with Crippen molar-refractivity contribution in [2.24, 2.45) is 0 Å². The zero-order valence-corrected chi connectivity index (χ0v) is 10.2. The Labute approximate surface area is 106 Å². The summed E-state index contributed by atoms with van der Waals surface area (Å²) in [6.45, 7) is 1.72. The van der Waals surface area contributed by atoms with Crippen LogP contribution in [0.25, 0.3) is 0 Å². The Morgan fingerprint density at radius 1 is 1.12 bits per heavy atom. The molecule has 5 heteroatoms. The van der Waals surface area contributed by atoms with Crippen molar-refractivity contribution in [3.63, 3.8) is 0 Å². The lowest BCUT2D eigenvalue weighted by molar-refractivity contribution is 0.0889. The van der Waals surface area contributed by atoms with E-state index in [2.05, 4.69) is 10.2 Å². The lowest BCUT2D eigenvalue weighted by atomic mass is 10.2. The second-order valence-electron chi connectivity index (χ2n) is 3.32. The largest absolute Gasteiger partial charge is 0.488 e. The summed E-state index contributed by atoms with van der Waals surface area (Å²) in [5.74, 6) is 0.739. The zero-order valence-electron chi connectivity index (χ0n) is 9.33. The highest BCUT2D eigenvalue weighted by Crippen LogP contribution is 2.04. The second kappa shape index (κ2) is 7.70. The Balaban J connectivity index is 0.00000144. The van der Waals surface area contributed by atoms with Gasteiger partial charge in [0.25, 0.3) is 0 Å².